The minimum atomic E-state index is -2.93. The van der Waals surface area contributed by atoms with E-state index in [2.05, 4.69) is 5.32 Å². The zero-order valence-electron chi connectivity index (χ0n) is 13.0. The van der Waals surface area contributed by atoms with Crippen LogP contribution in [0.4, 0.5) is 0 Å². The molecule has 2 unspecified atom stereocenters. The summed E-state index contributed by atoms with van der Waals surface area (Å²) in [7, 11) is 0. The molecule has 24 heavy (non-hydrogen) atoms. The number of carbonyl (C=O) groups excluding carboxylic acids is 2. The highest BCUT2D eigenvalue weighted by Gasteiger charge is 2.54. The molecule has 1 rings (SSSR count). The number of carboxylic acid groups (broad SMARTS) is 1. The number of nitrogens with one attached hydrogen (secondary N) is 1. The van der Waals surface area contributed by atoms with E-state index in [1.54, 1.807) is 0 Å². The Morgan fingerprint density at radius 3 is 2.21 bits per heavy atom. The first-order valence-electron chi connectivity index (χ1n) is 7.07. The van der Waals surface area contributed by atoms with Gasteiger partial charge >= 0.3 is 5.97 Å². The SMILES string of the molecule is CC(=O)N[C@@H]1[C@@H](O)C[C@@](O)(C(=O)O)O[C@H]1C(=O)[C@H](O)C(O)C(C)O. The molecule has 0 aromatic rings. The number of ketones is 1. The van der Waals surface area contributed by atoms with Crippen LogP contribution in [0.5, 0.6) is 0 Å². The molecule has 11 heteroatoms. The molecule has 7 atom stereocenters. The van der Waals surface area contributed by atoms with E-state index in [1.807, 2.05) is 0 Å². The average molecular weight is 351 g/mol. The van der Waals surface area contributed by atoms with Gasteiger partial charge in [-0.3, -0.25) is 9.59 Å². The Labute approximate surface area is 136 Å². The number of aliphatic hydroxyl groups excluding tert-OH is 4. The van der Waals surface area contributed by atoms with Crippen LogP contribution < -0.4 is 5.32 Å². The molecule has 0 bridgehead atoms. The van der Waals surface area contributed by atoms with Crippen molar-refractivity contribution < 1.29 is 49.8 Å². The van der Waals surface area contributed by atoms with E-state index < -0.39 is 66.4 Å². The second-order valence-corrected chi connectivity index (χ2v) is 5.70. The molecular weight excluding hydrogens is 330 g/mol. The maximum Gasteiger partial charge on any atom is 0.364 e. The number of amides is 1. The zero-order chi connectivity index (χ0) is 18.8. The lowest BCUT2D eigenvalue weighted by atomic mass is 9.88. The van der Waals surface area contributed by atoms with Gasteiger partial charge in [0.2, 0.25) is 5.91 Å². The van der Waals surface area contributed by atoms with Crippen LogP contribution in [0.25, 0.3) is 0 Å². The summed E-state index contributed by atoms with van der Waals surface area (Å²) >= 11 is 0. The number of rotatable bonds is 6. The Balaban J connectivity index is 3.15. The summed E-state index contributed by atoms with van der Waals surface area (Å²) < 4.78 is 4.81. The summed E-state index contributed by atoms with van der Waals surface area (Å²) in [5.74, 6) is -6.82. The van der Waals surface area contributed by atoms with Crippen LogP contribution in [-0.2, 0) is 19.1 Å². The minimum absolute atomic E-state index is 0.688. The van der Waals surface area contributed by atoms with E-state index in [9.17, 15) is 39.9 Å². The molecule has 0 aromatic carbocycles. The van der Waals surface area contributed by atoms with Gasteiger partial charge in [0.15, 0.2) is 5.78 Å². The molecule has 1 amide bonds. The molecule has 7 N–H and O–H groups in total. The van der Waals surface area contributed by atoms with Crippen LogP contribution in [0.2, 0.25) is 0 Å². The number of carbonyl (C=O) groups is 3. The Hall–Kier alpha value is -1.63. The van der Waals surface area contributed by atoms with E-state index in [0.29, 0.717) is 0 Å². The predicted molar refractivity (Wildman–Crippen MR) is 74.4 cm³/mol. The van der Waals surface area contributed by atoms with Crippen LogP contribution in [0, 0.1) is 0 Å². The van der Waals surface area contributed by atoms with Crippen LogP contribution in [0.3, 0.4) is 0 Å². The third-order valence-corrected chi connectivity index (χ3v) is 3.64. The molecule has 1 aliphatic heterocycles. The lowest BCUT2D eigenvalue weighted by Gasteiger charge is -2.42. The maximum absolute atomic E-state index is 12.3. The number of Topliss-reactive ketones (excluding diaryl/α,β-unsaturated/α-hetero) is 1. The van der Waals surface area contributed by atoms with Gasteiger partial charge in [0.1, 0.15) is 18.3 Å². The van der Waals surface area contributed by atoms with E-state index in [0.717, 1.165) is 13.8 Å². The van der Waals surface area contributed by atoms with Gasteiger partial charge in [0.05, 0.1) is 18.2 Å². The number of hydrogen-bond acceptors (Lipinski definition) is 9. The molecule has 0 saturated carbocycles. The van der Waals surface area contributed by atoms with Gasteiger partial charge in [0, 0.05) is 13.3 Å². The lowest BCUT2D eigenvalue weighted by molar-refractivity contribution is -0.273. The van der Waals surface area contributed by atoms with Crippen molar-refractivity contribution >= 4 is 17.7 Å². The van der Waals surface area contributed by atoms with Gasteiger partial charge < -0.3 is 40.7 Å². The lowest BCUT2D eigenvalue weighted by Crippen LogP contribution is -2.66. The monoisotopic (exact) mass is 351 g/mol. The highest BCUT2D eigenvalue weighted by molar-refractivity contribution is 5.90. The van der Waals surface area contributed by atoms with Crippen molar-refractivity contribution in [3.63, 3.8) is 0 Å². The maximum atomic E-state index is 12.3. The molecule has 0 aliphatic carbocycles. The van der Waals surface area contributed by atoms with Crippen LogP contribution in [0.15, 0.2) is 0 Å². The van der Waals surface area contributed by atoms with E-state index >= 15 is 0 Å². The van der Waals surface area contributed by atoms with Crippen LogP contribution in [0.1, 0.15) is 20.3 Å². The van der Waals surface area contributed by atoms with Gasteiger partial charge in [-0.05, 0) is 6.92 Å². The number of aliphatic hydroxyl groups is 5. The molecule has 11 nitrogen and oxygen atoms in total. The zero-order valence-corrected chi connectivity index (χ0v) is 13.0. The number of hydrogen-bond donors (Lipinski definition) is 7. The predicted octanol–water partition coefficient (Wildman–Crippen LogP) is -3.91. The van der Waals surface area contributed by atoms with Crippen molar-refractivity contribution in [2.24, 2.45) is 0 Å². The summed E-state index contributed by atoms with van der Waals surface area (Å²) in [5.41, 5.74) is 0. The normalized spacial score (nSPS) is 34.0. The smallest absolute Gasteiger partial charge is 0.364 e. The van der Waals surface area contributed by atoms with E-state index in [-0.39, 0.29) is 0 Å². The molecule has 0 radical (unpaired) electrons. The summed E-state index contributed by atoms with van der Waals surface area (Å²) in [6.07, 6.45) is -10.1. The summed E-state index contributed by atoms with van der Waals surface area (Å²) in [5, 5.41) is 59.6. The van der Waals surface area contributed by atoms with Crippen LogP contribution in [-0.4, -0.2) is 90.6 Å². The molecule has 1 heterocycles. The van der Waals surface area contributed by atoms with Gasteiger partial charge in [-0.25, -0.2) is 4.79 Å². The highest BCUT2D eigenvalue weighted by atomic mass is 16.7. The van der Waals surface area contributed by atoms with Crippen molar-refractivity contribution in [3.05, 3.63) is 0 Å². The Kier molecular flexibility index (Phi) is 6.38. The van der Waals surface area contributed by atoms with Gasteiger partial charge in [-0.15, -0.1) is 0 Å². The molecule has 0 aromatic heterocycles. The number of ether oxygens (including phenoxy) is 1. The fraction of sp³-hybridized carbons (Fsp3) is 0.769. The first-order chi connectivity index (χ1) is 10.9. The van der Waals surface area contributed by atoms with Gasteiger partial charge in [-0.1, -0.05) is 0 Å². The largest absolute Gasteiger partial charge is 0.477 e. The number of aliphatic carboxylic acids is 1. The molecule has 1 aliphatic rings. The Bertz CT molecular complexity index is 509. The second kappa shape index (κ2) is 7.51. The fourth-order valence-corrected chi connectivity index (χ4v) is 2.32. The quantitative estimate of drug-likeness (QED) is 0.248. The molecular formula is C13H21NO10. The van der Waals surface area contributed by atoms with Crippen molar-refractivity contribution in [1.82, 2.24) is 5.32 Å². The summed E-state index contributed by atoms with van der Waals surface area (Å²) in [6, 6.07) is -1.47. The molecule has 1 fully saturated rings. The van der Waals surface area contributed by atoms with Crippen molar-refractivity contribution in [2.75, 3.05) is 0 Å². The van der Waals surface area contributed by atoms with Gasteiger partial charge in [0.25, 0.3) is 5.79 Å². The fourth-order valence-electron chi connectivity index (χ4n) is 2.32. The Morgan fingerprint density at radius 2 is 1.79 bits per heavy atom. The average Bonchev–Trinajstić information content (AvgIpc) is 2.46. The second-order valence-electron chi connectivity index (χ2n) is 5.70. The summed E-state index contributed by atoms with van der Waals surface area (Å²) in [4.78, 5) is 34.6. The first kappa shape index (κ1) is 20.4. The van der Waals surface area contributed by atoms with Gasteiger partial charge in [-0.2, -0.15) is 0 Å². The number of carboxylic acids is 1. The molecule has 1 saturated heterocycles. The first-order valence-corrected chi connectivity index (χ1v) is 7.07. The third-order valence-electron chi connectivity index (χ3n) is 3.64. The van der Waals surface area contributed by atoms with Crippen LogP contribution >= 0.6 is 0 Å². The van der Waals surface area contributed by atoms with Crippen molar-refractivity contribution in [1.29, 1.82) is 0 Å². The standard InChI is InChI=1S/C13H21NO10/c1-4(15)8(18)9(19)10(20)11-7(14-5(2)16)6(17)3-13(23,24-11)12(21)22/h4,6-9,11,15,17-19,23H,3H2,1-2H3,(H,14,16)(H,21,22)/t4?,6-,7+,8?,9+,11+,13-/m0/s1. The topological polar surface area (TPSA) is 194 Å². The van der Waals surface area contributed by atoms with E-state index in [1.165, 1.54) is 0 Å². The molecule has 138 valence electrons. The highest BCUT2D eigenvalue weighted by Crippen LogP contribution is 2.29. The minimum Gasteiger partial charge on any atom is -0.477 e. The summed E-state index contributed by atoms with van der Waals surface area (Å²) in [6.45, 7) is 2.16. The molecule has 0 spiro atoms. The van der Waals surface area contributed by atoms with Crippen molar-refractivity contribution in [3.8, 4) is 0 Å². The third kappa shape index (κ3) is 4.26. The van der Waals surface area contributed by atoms with Crippen molar-refractivity contribution in [2.45, 2.75) is 62.6 Å². The Morgan fingerprint density at radius 1 is 1.25 bits per heavy atom. The van der Waals surface area contributed by atoms with E-state index in [4.69, 9.17) is 9.84 Å².